The molecule has 2 rings (SSSR count). The van der Waals surface area contributed by atoms with Gasteiger partial charge in [0.15, 0.2) is 0 Å². The van der Waals surface area contributed by atoms with Crippen LogP contribution in [0.3, 0.4) is 0 Å². The Bertz CT molecular complexity index is 789. The normalized spacial score (nSPS) is 10.0. The van der Waals surface area contributed by atoms with Crippen LogP contribution in [0.1, 0.15) is 44.7 Å². The van der Waals surface area contributed by atoms with Crippen LogP contribution >= 0.6 is 0 Å². The van der Waals surface area contributed by atoms with Crippen molar-refractivity contribution >= 4 is 23.5 Å². The molecule has 25 heavy (non-hydrogen) atoms. The number of para-hydroxylation sites is 1. The predicted molar refractivity (Wildman–Crippen MR) is 92.6 cm³/mol. The monoisotopic (exact) mass is 341 g/mol. The molecule has 7 nitrogen and oxygen atoms in total. The number of nitrogens with one attached hydrogen (secondary N) is 2. The van der Waals surface area contributed by atoms with Crippen molar-refractivity contribution in [3.8, 4) is 0 Å². The molecule has 2 aromatic rings. The Kier molecular flexibility index (Phi) is 6.22. The molecule has 0 spiro atoms. The van der Waals surface area contributed by atoms with E-state index in [0.29, 0.717) is 12.2 Å². The van der Waals surface area contributed by atoms with Crippen LogP contribution in [0.25, 0.3) is 0 Å². The van der Waals surface area contributed by atoms with Crippen molar-refractivity contribution in [2.24, 2.45) is 0 Å². The molecule has 2 amide bonds. The van der Waals surface area contributed by atoms with E-state index in [-0.39, 0.29) is 22.9 Å². The van der Waals surface area contributed by atoms with Crippen LogP contribution in [0, 0.1) is 0 Å². The predicted octanol–water partition coefficient (Wildman–Crippen LogP) is 2.26. The topological polar surface area (TPSA) is 97.4 Å². The fraction of sp³-hybridized carbons (Fsp3) is 0.222. The molecular formula is C18H19N3O4. The van der Waals surface area contributed by atoms with Crippen LogP contribution in [0.15, 0.2) is 42.5 Å². The Hall–Kier alpha value is -3.22. The Morgan fingerprint density at radius 2 is 1.68 bits per heavy atom. The molecule has 0 bridgehead atoms. The molecule has 0 atom stereocenters. The van der Waals surface area contributed by atoms with E-state index in [9.17, 15) is 14.4 Å². The molecule has 0 saturated heterocycles. The van der Waals surface area contributed by atoms with E-state index in [2.05, 4.69) is 15.6 Å². The minimum atomic E-state index is -0.559. The zero-order valence-electron chi connectivity index (χ0n) is 14.0. The number of pyridine rings is 1. The van der Waals surface area contributed by atoms with Gasteiger partial charge in [0, 0.05) is 6.54 Å². The van der Waals surface area contributed by atoms with E-state index < -0.39 is 11.9 Å². The number of anilines is 1. The highest BCUT2D eigenvalue weighted by Gasteiger charge is 2.16. The van der Waals surface area contributed by atoms with E-state index in [1.54, 1.807) is 30.3 Å². The van der Waals surface area contributed by atoms with Gasteiger partial charge >= 0.3 is 5.97 Å². The van der Waals surface area contributed by atoms with Crippen molar-refractivity contribution in [3.05, 3.63) is 59.4 Å². The van der Waals surface area contributed by atoms with Gasteiger partial charge in [0.2, 0.25) is 0 Å². The summed E-state index contributed by atoms with van der Waals surface area (Å²) in [6.07, 6.45) is 0.802. The van der Waals surface area contributed by atoms with Crippen LogP contribution in [0.2, 0.25) is 0 Å². The summed E-state index contributed by atoms with van der Waals surface area (Å²) in [7, 11) is 1.26. The summed E-state index contributed by atoms with van der Waals surface area (Å²) < 4.78 is 4.69. The molecule has 1 aromatic heterocycles. The number of aromatic nitrogens is 1. The standard InChI is InChI=1S/C18H19N3O4/c1-3-11-19-16(22)14-9-6-10-15(20-14)17(23)21-13-8-5-4-7-12(13)18(24)25-2/h4-10H,3,11H2,1-2H3,(H,19,22)(H,21,23). The summed E-state index contributed by atoms with van der Waals surface area (Å²) >= 11 is 0. The zero-order valence-corrected chi connectivity index (χ0v) is 14.0. The SMILES string of the molecule is CCCNC(=O)c1cccc(C(=O)Nc2ccccc2C(=O)OC)n1. The highest BCUT2D eigenvalue weighted by atomic mass is 16.5. The molecule has 2 N–H and O–H groups in total. The van der Waals surface area contributed by atoms with Crippen LogP contribution in [-0.4, -0.2) is 36.4 Å². The van der Waals surface area contributed by atoms with Gasteiger partial charge in [-0.05, 0) is 30.7 Å². The first-order chi connectivity index (χ1) is 12.1. The number of nitrogens with zero attached hydrogens (tertiary/aromatic N) is 1. The third-order valence-corrected chi connectivity index (χ3v) is 3.33. The van der Waals surface area contributed by atoms with Crippen LogP contribution in [0.5, 0.6) is 0 Å². The third kappa shape index (κ3) is 4.63. The molecule has 0 fully saturated rings. The molecule has 0 aliphatic rings. The van der Waals surface area contributed by atoms with Gasteiger partial charge in [-0.2, -0.15) is 0 Å². The lowest BCUT2D eigenvalue weighted by Crippen LogP contribution is -2.26. The summed E-state index contributed by atoms with van der Waals surface area (Å²) in [5.41, 5.74) is 0.767. The lowest BCUT2D eigenvalue weighted by Gasteiger charge is -2.10. The molecular weight excluding hydrogens is 322 g/mol. The lowest BCUT2D eigenvalue weighted by atomic mass is 10.1. The Balaban J connectivity index is 2.20. The number of carbonyl (C=O) groups is 3. The van der Waals surface area contributed by atoms with Gasteiger partial charge in [-0.1, -0.05) is 25.1 Å². The average molecular weight is 341 g/mol. The third-order valence-electron chi connectivity index (χ3n) is 3.33. The van der Waals surface area contributed by atoms with Gasteiger partial charge in [-0.15, -0.1) is 0 Å². The second-order valence-electron chi connectivity index (χ2n) is 5.16. The molecule has 0 unspecified atom stereocenters. The lowest BCUT2D eigenvalue weighted by molar-refractivity contribution is 0.0601. The summed E-state index contributed by atoms with van der Waals surface area (Å²) in [6.45, 7) is 2.47. The van der Waals surface area contributed by atoms with Crippen molar-refractivity contribution in [1.82, 2.24) is 10.3 Å². The van der Waals surface area contributed by atoms with Gasteiger partial charge in [0.05, 0.1) is 18.4 Å². The quantitative estimate of drug-likeness (QED) is 0.786. The summed E-state index contributed by atoms with van der Waals surface area (Å²) in [5, 5.41) is 5.32. The Labute approximate surface area is 145 Å². The van der Waals surface area contributed by atoms with Gasteiger partial charge in [-0.25, -0.2) is 9.78 Å². The van der Waals surface area contributed by atoms with E-state index in [0.717, 1.165) is 6.42 Å². The molecule has 130 valence electrons. The first kappa shape index (κ1) is 18.1. The smallest absolute Gasteiger partial charge is 0.339 e. The van der Waals surface area contributed by atoms with E-state index in [1.807, 2.05) is 6.92 Å². The number of rotatable bonds is 6. The fourth-order valence-corrected chi connectivity index (χ4v) is 2.08. The molecule has 0 aliphatic heterocycles. The molecule has 0 saturated carbocycles. The summed E-state index contributed by atoms with van der Waals surface area (Å²) in [4.78, 5) is 40.2. The van der Waals surface area contributed by atoms with Gasteiger partial charge in [0.1, 0.15) is 11.4 Å². The van der Waals surface area contributed by atoms with Gasteiger partial charge in [0.25, 0.3) is 11.8 Å². The number of esters is 1. The highest BCUT2D eigenvalue weighted by molar-refractivity contribution is 6.07. The fourth-order valence-electron chi connectivity index (χ4n) is 2.08. The Morgan fingerprint density at radius 3 is 2.36 bits per heavy atom. The molecule has 1 heterocycles. The summed E-state index contributed by atoms with van der Waals surface area (Å²) in [5.74, 6) is -1.43. The number of ether oxygens (including phenoxy) is 1. The number of amides is 2. The zero-order chi connectivity index (χ0) is 18.2. The molecule has 0 aliphatic carbocycles. The second-order valence-corrected chi connectivity index (χ2v) is 5.16. The summed E-state index contributed by atoms with van der Waals surface area (Å²) in [6, 6.07) is 11.1. The number of hydrogen-bond acceptors (Lipinski definition) is 5. The molecule has 7 heteroatoms. The largest absolute Gasteiger partial charge is 0.465 e. The van der Waals surface area contributed by atoms with Crippen molar-refractivity contribution in [2.75, 3.05) is 19.0 Å². The Morgan fingerprint density at radius 1 is 1.00 bits per heavy atom. The van der Waals surface area contributed by atoms with E-state index >= 15 is 0 Å². The van der Waals surface area contributed by atoms with Crippen molar-refractivity contribution in [2.45, 2.75) is 13.3 Å². The van der Waals surface area contributed by atoms with Crippen molar-refractivity contribution in [3.63, 3.8) is 0 Å². The first-order valence-electron chi connectivity index (χ1n) is 7.80. The van der Waals surface area contributed by atoms with Crippen LogP contribution in [-0.2, 0) is 4.74 Å². The number of benzene rings is 1. The second kappa shape index (κ2) is 8.58. The molecule has 1 aromatic carbocycles. The van der Waals surface area contributed by atoms with Gasteiger partial charge in [-0.3, -0.25) is 9.59 Å². The van der Waals surface area contributed by atoms with Crippen LogP contribution in [0.4, 0.5) is 5.69 Å². The number of hydrogen-bond donors (Lipinski definition) is 2. The minimum absolute atomic E-state index is 0.0730. The number of carbonyl (C=O) groups excluding carboxylic acids is 3. The number of methoxy groups -OCH3 is 1. The van der Waals surface area contributed by atoms with Crippen molar-refractivity contribution < 1.29 is 19.1 Å². The maximum absolute atomic E-state index is 12.4. The van der Waals surface area contributed by atoms with E-state index in [4.69, 9.17) is 4.74 Å². The maximum Gasteiger partial charge on any atom is 0.339 e. The highest BCUT2D eigenvalue weighted by Crippen LogP contribution is 2.17. The van der Waals surface area contributed by atoms with Gasteiger partial charge < -0.3 is 15.4 Å². The first-order valence-corrected chi connectivity index (χ1v) is 7.80. The average Bonchev–Trinajstić information content (AvgIpc) is 2.66. The van der Waals surface area contributed by atoms with Crippen molar-refractivity contribution in [1.29, 1.82) is 0 Å². The minimum Gasteiger partial charge on any atom is -0.465 e. The van der Waals surface area contributed by atoms with E-state index in [1.165, 1.54) is 19.2 Å². The maximum atomic E-state index is 12.4. The van der Waals surface area contributed by atoms with Crippen LogP contribution < -0.4 is 10.6 Å². The molecule has 0 radical (unpaired) electrons.